The monoisotopic (exact) mass is 420 g/mol. The number of furan rings is 1. The molecule has 1 aliphatic rings. The van der Waals surface area contributed by atoms with E-state index in [2.05, 4.69) is 15.2 Å². The van der Waals surface area contributed by atoms with Gasteiger partial charge in [-0.15, -0.1) is 0 Å². The van der Waals surface area contributed by atoms with Gasteiger partial charge in [-0.1, -0.05) is 12.1 Å². The van der Waals surface area contributed by atoms with Crippen LogP contribution in [0.1, 0.15) is 23.0 Å². The van der Waals surface area contributed by atoms with Crippen molar-refractivity contribution in [3.8, 4) is 5.75 Å². The molecule has 1 aromatic carbocycles. The molecule has 0 unspecified atom stereocenters. The predicted molar refractivity (Wildman–Crippen MR) is 109 cm³/mol. The van der Waals surface area contributed by atoms with E-state index in [1.165, 1.54) is 6.26 Å². The zero-order chi connectivity index (χ0) is 21.3. The van der Waals surface area contributed by atoms with Crippen LogP contribution in [-0.4, -0.2) is 67.4 Å². The second-order valence-electron chi connectivity index (χ2n) is 6.78. The van der Waals surface area contributed by atoms with Gasteiger partial charge in [0, 0.05) is 32.7 Å². The highest BCUT2D eigenvalue weighted by Gasteiger charge is 2.25. The minimum Gasteiger partial charge on any atom is -0.488 e. The maximum Gasteiger partial charge on any atom is 0.289 e. The number of guanidine groups is 1. The Balaban J connectivity index is 1.58. The average Bonchev–Trinajstić information content (AvgIpc) is 3.30. The quantitative estimate of drug-likeness (QED) is 0.551. The molecule has 1 N–H and O–H groups in total. The number of nitrogens with one attached hydrogen (secondary N) is 1. The molecule has 2 aromatic rings. The van der Waals surface area contributed by atoms with Crippen molar-refractivity contribution >= 4 is 11.9 Å². The molecule has 7 nitrogen and oxygen atoms in total. The Morgan fingerprint density at radius 2 is 1.97 bits per heavy atom. The van der Waals surface area contributed by atoms with Crippen molar-refractivity contribution in [3.63, 3.8) is 0 Å². The van der Waals surface area contributed by atoms with E-state index < -0.39 is 13.0 Å². The van der Waals surface area contributed by atoms with E-state index in [0.29, 0.717) is 50.8 Å². The van der Waals surface area contributed by atoms with Crippen LogP contribution in [-0.2, 0) is 6.54 Å². The van der Waals surface area contributed by atoms with Crippen molar-refractivity contribution in [2.75, 3.05) is 39.3 Å². The Labute approximate surface area is 174 Å². The number of rotatable bonds is 7. The maximum absolute atomic E-state index is 12.4. The summed E-state index contributed by atoms with van der Waals surface area (Å²) in [5.41, 5.74) is 0.865. The second kappa shape index (κ2) is 10.6. The molecule has 0 radical (unpaired) electrons. The number of carbonyl (C=O) groups excluding carboxylic acids is 1. The Kier molecular flexibility index (Phi) is 7.64. The molecule has 1 saturated heterocycles. The van der Waals surface area contributed by atoms with Gasteiger partial charge in [0.05, 0.1) is 12.8 Å². The number of hydrogen-bond acceptors (Lipinski definition) is 4. The zero-order valence-corrected chi connectivity index (χ0v) is 16.9. The van der Waals surface area contributed by atoms with E-state index in [9.17, 15) is 13.6 Å². The lowest BCUT2D eigenvalue weighted by atomic mass is 10.2. The lowest BCUT2D eigenvalue weighted by Gasteiger charge is -2.36. The van der Waals surface area contributed by atoms with E-state index in [4.69, 9.17) is 9.15 Å². The molecular weight excluding hydrogens is 394 g/mol. The van der Waals surface area contributed by atoms with Crippen LogP contribution >= 0.6 is 0 Å². The van der Waals surface area contributed by atoms with Gasteiger partial charge in [-0.2, -0.15) is 0 Å². The summed E-state index contributed by atoms with van der Waals surface area (Å²) < 4.78 is 34.9. The minimum absolute atomic E-state index is 0.109. The Morgan fingerprint density at radius 1 is 1.20 bits per heavy atom. The number of alkyl halides is 2. The Morgan fingerprint density at radius 3 is 2.63 bits per heavy atom. The van der Waals surface area contributed by atoms with Crippen LogP contribution in [0.3, 0.4) is 0 Å². The summed E-state index contributed by atoms with van der Waals surface area (Å²) >= 11 is 0. The van der Waals surface area contributed by atoms with E-state index in [1.807, 2.05) is 13.0 Å². The fraction of sp³-hybridized carbons (Fsp3) is 0.429. The summed E-state index contributed by atoms with van der Waals surface area (Å²) in [6.45, 7) is 4.90. The number of hydrogen-bond donors (Lipinski definition) is 1. The number of ether oxygens (including phenoxy) is 1. The molecule has 162 valence electrons. The molecule has 1 aliphatic heterocycles. The summed E-state index contributed by atoms with van der Waals surface area (Å²) in [5, 5.41) is 3.27. The highest BCUT2D eigenvalue weighted by Crippen LogP contribution is 2.15. The smallest absolute Gasteiger partial charge is 0.289 e. The third-order valence-electron chi connectivity index (χ3n) is 4.62. The molecule has 30 heavy (non-hydrogen) atoms. The summed E-state index contributed by atoms with van der Waals surface area (Å²) in [7, 11) is 0. The van der Waals surface area contributed by atoms with Gasteiger partial charge in [-0.3, -0.25) is 4.79 Å². The number of piperazine rings is 1. The van der Waals surface area contributed by atoms with Crippen molar-refractivity contribution in [1.82, 2.24) is 15.1 Å². The van der Waals surface area contributed by atoms with Crippen molar-refractivity contribution in [2.24, 2.45) is 4.99 Å². The van der Waals surface area contributed by atoms with Gasteiger partial charge in [-0.05, 0) is 36.8 Å². The number of nitrogens with zero attached hydrogens (tertiary/aromatic N) is 3. The molecule has 1 aromatic heterocycles. The molecule has 0 saturated carbocycles. The molecule has 3 rings (SSSR count). The van der Waals surface area contributed by atoms with E-state index in [-0.39, 0.29) is 5.91 Å². The van der Waals surface area contributed by atoms with Gasteiger partial charge in [0.15, 0.2) is 11.7 Å². The minimum atomic E-state index is -2.51. The van der Waals surface area contributed by atoms with Crippen molar-refractivity contribution in [2.45, 2.75) is 19.9 Å². The third-order valence-corrected chi connectivity index (χ3v) is 4.62. The largest absolute Gasteiger partial charge is 0.488 e. The van der Waals surface area contributed by atoms with E-state index in [1.54, 1.807) is 35.2 Å². The van der Waals surface area contributed by atoms with E-state index in [0.717, 1.165) is 11.5 Å². The molecule has 0 bridgehead atoms. The molecule has 0 atom stereocenters. The van der Waals surface area contributed by atoms with Crippen molar-refractivity contribution in [1.29, 1.82) is 0 Å². The zero-order valence-electron chi connectivity index (χ0n) is 16.9. The summed E-state index contributed by atoms with van der Waals surface area (Å²) in [4.78, 5) is 20.9. The molecule has 1 amide bonds. The number of aliphatic imine (C=N–C) groups is 1. The number of carbonyl (C=O) groups is 1. The van der Waals surface area contributed by atoms with Crippen LogP contribution in [0.15, 0.2) is 52.1 Å². The van der Waals surface area contributed by atoms with E-state index >= 15 is 0 Å². The highest BCUT2D eigenvalue weighted by atomic mass is 19.3. The predicted octanol–water partition coefficient (Wildman–Crippen LogP) is 2.85. The highest BCUT2D eigenvalue weighted by molar-refractivity contribution is 5.91. The van der Waals surface area contributed by atoms with Crippen LogP contribution in [0, 0.1) is 0 Å². The Hall–Kier alpha value is -3.10. The standard InChI is InChI=1S/C21H26F2N4O3/c1-2-24-21(25-14-16-5-3-6-17(13-16)30-15-19(22)23)27-10-8-26(9-11-27)20(28)18-7-4-12-29-18/h3-7,12-13,19H,2,8-11,14-15H2,1H3,(H,24,25). The SMILES string of the molecule is CCNC(=NCc1cccc(OCC(F)F)c1)N1CCN(C(=O)c2ccco2)CC1. The van der Waals surface area contributed by atoms with Crippen molar-refractivity contribution < 1.29 is 22.7 Å². The average molecular weight is 420 g/mol. The van der Waals surface area contributed by atoms with Crippen LogP contribution in [0.4, 0.5) is 8.78 Å². The number of benzene rings is 1. The van der Waals surface area contributed by atoms with Gasteiger partial charge in [0.25, 0.3) is 12.3 Å². The first-order chi connectivity index (χ1) is 14.6. The van der Waals surface area contributed by atoms with Gasteiger partial charge < -0.3 is 24.3 Å². The molecule has 0 aliphatic carbocycles. The first kappa shape index (κ1) is 21.6. The first-order valence-corrected chi connectivity index (χ1v) is 9.92. The molecule has 9 heteroatoms. The third kappa shape index (κ3) is 5.95. The van der Waals surface area contributed by atoms with Gasteiger partial charge in [0.1, 0.15) is 12.4 Å². The molecule has 1 fully saturated rings. The molecular formula is C21H26F2N4O3. The van der Waals surface area contributed by atoms with Crippen LogP contribution in [0.2, 0.25) is 0 Å². The topological polar surface area (TPSA) is 70.3 Å². The summed E-state index contributed by atoms with van der Waals surface area (Å²) in [6.07, 6.45) is -1.02. The maximum atomic E-state index is 12.4. The summed E-state index contributed by atoms with van der Waals surface area (Å²) in [6, 6.07) is 10.4. The fourth-order valence-electron chi connectivity index (χ4n) is 3.16. The van der Waals surface area contributed by atoms with Crippen LogP contribution < -0.4 is 10.1 Å². The van der Waals surface area contributed by atoms with Crippen LogP contribution in [0.25, 0.3) is 0 Å². The molecule has 0 spiro atoms. The normalized spacial score (nSPS) is 14.9. The van der Waals surface area contributed by atoms with Crippen LogP contribution in [0.5, 0.6) is 5.75 Å². The lowest BCUT2D eigenvalue weighted by Crippen LogP contribution is -2.53. The van der Waals surface area contributed by atoms with Gasteiger partial charge >= 0.3 is 0 Å². The summed E-state index contributed by atoms with van der Waals surface area (Å²) in [5.74, 6) is 1.39. The fourth-order valence-corrected chi connectivity index (χ4v) is 3.16. The number of halogens is 2. The second-order valence-corrected chi connectivity index (χ2v) is 6.78. The first-order valence-electron chi connectivity index (χ1n) is 9.92. The van der Waals surface area contributed by atoms with Gasteiger partial charge in [0.2, 0.25) is 0 Å². The van der Waals surface area contributed by atoms with Gasteiger partial charge in [-0.25, -0.2) is 13.8 Å². The lowest BCUT2D eigenvalue weighted by molar-refractivity contribution is 0.0657. The Bertz CT molecular complexity index is 835. The van der Waals surface area contributed by atoms with Crippen molar-refractivity contribution in [3.05, 3.63) is 54.0 Å². The molecule has 2 heterocycles. The number of amides is 1.